The minimum atomic E-state index is -2.78. The SMILES string of the molecule is CC(=O)OC(=O)CC(O)(CC(=O)O)C(=O)O.COC(=O)CC(O)(CC(=O)OC)C(=O)OC.c1ccccc1. The first-order valence-corrected chi connectivity index (χ1v) is 10.4. The Hall–Kier alpha value is -4.37. The van der Waals surface area contributed by atoms with Crippen molar-refractivity contribution in [3.05, 3.63) is 36.4 Å². The van der Waals surface area contributed by atoms with Crippen LogP contribution >= 0.6 is 0 Å². The minimum absolute atomic E-state index is 0.675. The van der Waals surface area contributed by atoms with Crippen molar-refractivity contribution >= 4 is 41.8 Å². The number of carbonyl (C=O) groups excluding carboxylic acids is 5. The molecule has 0 radical (unpaired) electrons. The number of carboxylic acid groups (broad SMARTS) is 2. The van der Waals surface area contributed by atoms with Gasteiger partial charge in [-0.05, 0) is 0 Å². The Balaban J connectivity index is 0. The lowest BCUT2D eigenvalue weighted by atomic mass is 9.96. The molecule has 0 saturated carbocycles. The third-order valence-corrected chi connectivity index (χ3v) is 4.10. The number of carbonyl (C=O) groups is 7. The zero-order chi connectivity index (χ0) is 29.9. The van der Waals surface area contributed by atoms with Gasteiger partial charge in [-0.1, -0.05) is 36.4 Å². The van der Waals surface area contributed by atoms with Gasteiger partial charge in [0.15, 0.2) is 11.2 Å². The molecule has 0 aromatic heterocycles. The third-order valence-electron chi connectivity index (χ3n) is 4.10. The van der Waals surface area contributed by atoms with Gasteiger partial charge in [0.1, 0.15) is 0 Å². The summed E-state index contributed by atoms with van der Waals surface area (Å²) in [4.78, 5) is 75.3. The number of ether oxygens (including phenoxy) is 4. The van der Waals surface area contributed by atoms with Gasteiger partial charge in [-0.15, -0.1) is 0 Å². The van der Waals surface area contributed by atoms with Crippen LogP contribution in [0.1, 0.15) is 32.6 Å². The van der Waals surface area contributed by atoms with Crippen molar-refractivity contribution in [2.75, 3.05) is 21.3 Å². The zero-order valence-electron chi connectivity index (χ0n) is 21.1. The van der Waals surface area contributed by atoms with Crippen molar-refractivity contribution in [3.63, 3.8) is 0 Å². The van der Waals surface area contributed by atoms with E-state index in [1.807, 2.05) is 36.4 Å². The van der Waals surface area contributed by atoms with Gasteiger partial charge in [-0.25, -0.2) is 9.59 Å². The fraction of sp³-hybridized carbons (Fsp3) is 0.435. The molecule has 0 aliphatic rings. The molecule has 15 nitrogen and oxygen atoms in total. The summed E-state index contributed by atoms with van der Waals surface area (Å²) >= 11 is 0. The van der Waals surface area contributed by atoms with E-state index in [0.29, 0.717) is 0 Å². The Kier molecular flexibility index (Phi) is 16.9. The molecular formula is C23H30O15. The standard InChI is InChI=1S/C9H14O7.C8H10O8.C6H6/c1-14-6(10)4-9(13,8(12)16-3)5-7(11)15-2;1-4(9)16-6(12)3-8(15,7(13)14)2-5(10)11;1-2-4-6-5-3-1/h13H,4-5H2,1-3H3;15H,2-3H2,1H3,(H,10,11)(H,13,14);1-6H. The van der Waals surface area contributed by atoms with E-state index < -0.39 is 78.7 Å². The maximum Gasteiger partial charge on any atom is 0.339 e. The first kappa shape index (κ1) is 35.8. The van der Waals surface area contributed by atoms with Crippen LogP contribution in [0.15, 0.2) is 36.4 Å². The monoisotopic (exact) mass is 546 g/mol. The summed E-state index contributed by atoms with van der Waals surface area (Å²) in [5, 5.41) is 36.1. The van der Waals surface area contributed by atoms with Gasteiger partial charge in [-0.2, -0.15) is 0 Å². The summed E-state index contributed by atoms with van der Waals surface area (Å²) in [5.41, 5.74) is -5.03. The largest absolute Gasteiger partial charge is 0.481 e. The highest BCUT2D eigenvalue weighted by Crippen LogP contribution is 2.19. The molecule has 1 atom stereocenters. The summed E-state index contributed by atoms with van der Waals surface area (Å²) < 4.78 is 16.9. The van der Waals surface area contributed by atoms with Crippen molar-refractivity contribution in [3.8, 4) is 0 Å². The van der Waals surface area contributed by atoms with Crippen LogP contribution in [-0.4, -0.2) is 94.7 Å². The molecule has 0 aliphatic carbocycles. The predicted molar refractivity (Wildman–Crippen MR) is 123 cm³/mol. The van der Waals surface area contributed by atoms with Crippen molar-refractivity contribution in [1.29, 1.82) is 0 Å². The zero-order valence-corrected chi connectivity index (χ0v) is 21.1. The second-order valence-corrected chi connectivity index (χ2v) is 7.23. The van der Waals surface area contributed by atoms with Crippen LogP contribution < -0.4 is 0 Å². The van der Waals surface area contributed by atoms with Crippen molar-refractivity contribution in [2.45, 2.75) is 43.8 Å². The molecular weight excluding hydrogens is 516 g/mol. The molecule has 0 spiro atoms. The van der Waals surface area contributed by atoms with Crippen molar-refractivity contribution in [1.82, 2.24) is 0 Å². The number of hydrogen-bond donors (Lipinski definition) is 4. The number of rotatable bonds is 10. The molecule has 0 fully saturated rings. The van der Waals surface area contributed by atoms with Crippen molar-refractivity contribution in [2.24, 2.45) is 0 Å². The number of hydrogen-bond acceptors (Lipinski definition) is 13. The molecule has 212 valence electrons. The Labute approximate surface area is 216 Å². The number of methoxy groups -OCH3 is 3. The number of aliphatic hydroxyl groups is 2. The van der Waals surface area contributed by atoms with Crippen molar-refractivity contribution < 1.29 is 72.9 Å². The average molecular weight is 546 g/mol. The lowest BCUT2D eigenvalue weighted by Gasteiger charge is -2.22. The second-order valence-electron chi connectivity index (χ2n) is 7.23. The molecule has 1 aromatic carbocycles. The van der Waals surface area contributed by atoms with E-state index in [1.54, 1.807) is 0 Å². The molecule has 0 saturated heterocycles. The van der Waals surface area contributed by atoms with Gasteiger partial charge >= 0.3 is 41.8 Å². The van der Waals surface area contributed by atoms with Crippen LogP contribution in [0.4, 0.5) is 0 Å². The van der Waals surface area contributed by atoms with E-state index in [2.05, 4.69) is 18.9 Å². The van der Waals surface area contributed by atoms with Crippen LogP contribution in [0.3, 0.4) is 0 Å². The number of benzene rings is 1. The van der Waals surface area contributed by atoms with Crippen LogP contribution in [0, 0.1) is 0 Å². The lowest BCUT2D eigenvalue weighted by molar-refractivity contribution is -0.174. The van der Waals surface area contributed by atoms with Crippen LogP contribution in [0.25, 0.3) is 0 Å². The molecule has 0 heterocycles. The first-order valence-electron chi connectivity index (χ1n) is 10.4. The van der Waals surface area contributed by atoms with Crippen LogP contribution in [-0.2, 0) is 52.5 Å². The van der Waals surface area contributed by atoms with Crippen LogP contribution in [0.2, 0.25) is 0 Å². The van der Waals surface area contributed by atoms with E-state index in [9.17, 15) is 43.8 Å². The minimum Gasteiger partial charge on any atom is -0.481 e. The fourth-order valence-electron chi connectivity index (χ4n) is 2.30. The first-order chi connectivity index (χ1) is 17.6. The van der Waals surface area contributed by atoms with E-state index in [4.69, 9.17) is 10.2 Å². The second kappa shape index (κ2) is 18.0. The van der Waals surface area contributed by atoms with E-state index in [1.165, 1.54) is 0 Å². The van der Waals surface area contributed by atoms with Gasteiger partial charge in [0.25, 0.3) is 0 Å². The smallest absolute Gasteiger partial charge is 0.339 e. The van der Waals surface area contributed by atoms with Gasteiger partial charge in [0.2, 0.25) is 0 Å². The maximum atomic E-state index is 11.2. The number of carboxylic acids is 2. The molecule has 0 bridgehead atoms. The highest BCUT2D eigenvalue weighted by atomic mass is 16.6. The summed E-state index contributed by atoms with van der Waals surface area (Å²) in [6, 6.07) is 12.0. The van der Waals surface area contributed by atoms with Gasteiger partial charge in [0.05, 0.1) is 47.0 Å². The van der Waals surface area contributed by atoms with E-state index in [0.717, 1.165) is 28.3 Å². The molecule has 4 N–H and O–H groups in total. The summed E-state index contributed by atoms with van der Waals surface area (Å²) in [7, 11) is 3.22. The molecule has 1 unspecified atom stereocenters. The Morgan fingerprint density at radius 2 is 0.974 bits per heavy atom. The van der Waals surface area contributed by atoms with Gasteiger partial charge in [-0.3, -0.25) is 24.0 Å². The topological polar surface area (TPSA) is 237 Å². The highest BCUT2D eigenvalue weighted by Gasteiger charge is 2.43. The van der Waals surface area contributed by atoms with E-state index >= 15 is 0 Å². The average Bonchev–Trinajstić information content (AvgIpc) is 2.83. The molecule has 1 aromatic rings. The molecule has 38 heavy (non-hydrogen) atoms. The summed E-state index contributed by atoms with van der Waals surface area (Å²) in [5.74, 6) is -8.53. The summed E-state index contributed by atoms with van der Waals surface area (Å²) in [6.45, 7) is 0.912. The predicted octanol–water partition coefficient (Wildman–Crippen LogP) is -0.540. The Morgan fingerprint density at radius 3 is 1.24 bits per heavy atom. The maximum absolute atomic E-state index is 11.2. The van der Waals surface area contributed by atoms with Gasteiger partial charge in [0, 0.05) is 6.92 Å². The Bertz CT molecular complexity index is 912. The Morgan fingerprint density at radius 1 is 0.605 bits per heavy atom. The van der Waals surface area contributed by atoms with Gasteiger partial charge < -0.3 is 39.4 Å². The molecule has 15 heteroatoms. The fourth-order valence-corrected chi connectivity index (χ4v) is 2.30. The molecule has 1 rings (SSSR count). The lowest BCUT2D eigenvalue weighted by Crippen LogP contribution is -2.44. The quantitative estimate of drug-likeness (QED) is 0.164. The summed E-state index contributed by atoms with van der Waals surface area (Å²) in [6.07, 6.45) is -3.64. The molecule has 0 aliphatic heterocycles. The van der Waals surface area contributed by atoms with E-state index in [-0.39, 0.29) is 0 Å². The highest BCUT2D eigenvalue weighted by molar-refractivity contribution is 5.92. The van der Waals surface area contributed by atoms with Crippen LogP contribution in [0.5, 0.6) is 0 Å². The number of aliphatic carboxylic acids is 2. The third kappa shape index (κ3) is 15.6. The normalized spacial score (nSPS) is 11.4. The molecule has 0 amide bonds. The number of esters is 5.